The SMILES string of the molecule is O[C@@H](C[NH2+]CC[NH+]1CC[NH+](Cc2ccccc2)CC1)COCc1ccccc1. The average molecular weight is 387 g/mol. The molecule has 0 aromatic heterocycles. The monoisotopic (exact) mass is 386 g/mol. The third-order valence-electron chi connectivity index (χ3n) is 5.52. The molecule has 2 aromatic carbocycles. The highest BCUT2D eigenvalue weighted by Gasteiger charge is 2.23. The van der Waals surface area contributed by atoms with Gasteiger partial charge in [-0.05, 0) is 5.56 Å². The molecule has 1 saturated heterocycles. The summed E-state index contributed by atoms with van der Waals surface area (Å²) in [6.45, 7) is 10.1. The van der Waals surface area contributed by atoms with Gasteiger partial charge in [0.05, 0.1) is 13.2 Å². The van der Waals surface area contributed by atoms with Gasteiger partial charge in [-0.15, -0.1) is 0 Å². The van der Waals surface area contributed by atoms with Crippen molar-refractivity contribution in [1.82, 2.24) is 0 Å². The maximum atomic E-state index is 10.1. The lowest BCUT2D eigenvalue weighted by Crippen LogP contribution is -3.28. The van der Waals surface area contributed by atoms with Crippen molar-refractivity contribution in [3.8, 4) is 0 Å². The van der Waals surface area contributed by atoms with Crippen LogP contribution in [0.2, 0.25) is 0 Å². The number of quaternary nitrogens is 3. The highest BCUT2D eigenvalue weighted by molar-refractivity contribution is 5.13. The Hall–Kier alpha value is -1.76. The molecule has 0 radical (unpaired) electrons. The van der Waals surface area contributed by atoms with Gasteiger partial charge < -0.3 is 25.0 Å². The third kappa shape index (κ3) is 7.70. The largest absolute Gasteiger partial charge is 0.385 e. The summed E-state index contributed by atoms with van der Waals surface area (Å²) >= 11 is 0. The third-order valence-corrected chi connectivity index (χ3v) is 5.52. The minimum Gasteiger partial charge on any atom is -0.385 e. The van der Waals surface area contributed by atoms with Crippen LogP contribution in [0.15, 0.2) is 60.7 Å². The Morgan fingerprint density at radius 1 is 0.857 bits per heavy atom. The minimum atomic E-state index is -0.397. The first-order valence-electron chi connectivity index (χ1n) is 10.6. The predicted octanol–water partition coefficient (Wildman–Crippen LogP) is -1.89. The smallest absolute Gasteiger partial charge is 0.127 e. The van der Waals surface area contributed by atoms with E-state index < -0.39 is 6.10 Å². The average Bonchev–Trinajstić information content (AvgIpc) is 2.74. The number of piperazine rings is 1. The van der Waals surface area contributed by atoms with E-state index in [1.54, 1.807) is 9.80 Å². The van der Waals surface area contributed by atoms with E-state index in [4.69, 9.17) is 4.74 Å². The van der Waals surface area contributed by atoms with E-state index >= 15 is 0 Å². The fourth-order valence-corrected chi connectivity index (χ4v) is 3.84. The Morgan fingerprint density at radius 2 is 1.46 bits per heavy atom. The van der Waals surface area contributed by atoms with Crippen LogP contribution >= 0.6 is 0 Å². The Kier molecular flexibility index (Phi) is 8.94. The Labute approximate surface area is 168 Å². The summed E-state index contributed by atoms with van der Waals surface area (Å²) in [4.78, 5) is 3.40. The summed E-state index contributed by atoms with van der Waals surface area (Å²) in [5.41, 5.74) is 2.59. The highest BCUT2D eigenvalue weighted by atomic mass is 16.5. The van der Waals surface area contributed by atoms with Gasteiger partial charge in [-0.2, -0.15) is 0 Å². The highest BCUT2D eigenvalue weighted by Crippen LogP contribution is 2.00. The molecule has 28 heavy (non-hydrogen) atoms. The van der Waals surface area contributed by atoms with Gasteiger partial charge in [-0.3, -0.25) is 0 Å². The molecule has 1 aliphatic heterocycles. The quantitative estimate of drug-likeness (QED) is 0.342. The zero-order valence-corrected chi connectivity index (χ0v) is 16.9. The van der Waals surface area contributed by atoms with Crippen LogP contribution in [-0.2, 0) is 17.9 Å². The number of hydrogen-bond acceptors (Lipinski definition) is 2. The van der Waals surface area contributed by atoms with Crippen molar-refractivity contribution in [2.45, 2.75) is 19.3 Å². The lowest BCUT2D eigenvalue weighted by Gasteiger charge is -2.29. The number of nitrogens with two attached hydrogens (primary N) is 1. The topological polar surface area (TPSA) is 55.0 Å². The van der Waals surface area contributed by atoms with E-state index in [2.05, 4.69) is 35.6 Å². The van der Waals surface area contributed by atoms with Gasteiger partial charge >= 0.3 is 0 Å². The molecule has 0 bridgehead atoms. The molecule has 1 atom stereocenters. The molecule has 152 valence electrons. The van der Waals surface area contributed by atoms with Crippen LogP contribution in [0, 0.1) is 0 Å². The van der Waals surface area contributed by atoms with Crippen LogP contribution in [-0.4, -0.2) is 63.6 Å². The zero-order valence-electron chi connectivity index (χ0n) is 16.9. The summed E-state index contributed by atoms with van der Waals surface area (Å²) in [7, 11) is 0. The Morgan fingerprint density at radius 3 is 2.14 bits per heavy atom. The van der Waals surface area contributed by atoms with Crippen molar-refractivity contribution in [1.29, 1.82) is 0 Å². The van der Waals surface area contributed by atoms with Crippen LogP contribution in [0.25, 0.3) is 0 Å². The summed E-state index contributed by atoms with van der Waals surface area (Å²) in [5, 5.41) is 12.3. The van der Waals surface area contributed by atoms with Crippen molar-refractivity contribution in [2.75, 3.05) is 52.4 Å². The molecule has 2 aromatic rings. The predicted molar refractivity (Wildman–Crippen MR) is 110 cm³/mol. The summed E-state index contributed by atoms with van der Waals surface area (Å²) < 4.78 is 5.61. The number of rotatable bonds is 11. The van der Waals surface area contributed by atoms with E-state index in [1.165, 1.54) is 38.3 Å². The Balaban J connectivity index is 1.20. The molecule has 1 heterocycles. The number of nitrogens with one attached hydrogen (secondary N) is 2. The fraction of sp³-hybridized carbons (Fsp3) is 0.478. The molecule has 5 heteroatoms. The standard InChI is InChI=1S/C23H33N3O2/c27-23(20-28-19-22-9-5-2-6-10-22)17-24-11-12-25-13-15-26(16-14-25)18-21-7-3-1-4-8-21/h1-10,23-24,27H,11-20H2/p+3/t23-/m0/s1. The number of aliphatic hydroxyl groups excluding tert-OH is 1. The lowest BCUT2D eigenvalue weighted by atomic mass is 10.2. The molecule has 0 unspecified atom stereocenters. The van der Waals surface area contributed by atoms with Gasteiger partial charge in [0.2, 0.25) is 0 Å². The molecular weight excluding hydrogens is 350 g/mol. The molecule has 0 spiro atoms. The fourth-order valence-electron chi connectivity index (χ4n) is 3.84. The van der Waals surface area contributed by atoms with Crippen LogP contribution in [0.5, 0.6) is 0 Å². The van der Waals surface area contributed by atoms with Crippen LogP contribution < -0.4 is 15.1 Å². The first kappa shape index (κ1) is 21.0. The molecule has 0 saturated carbocycles. The van der Waals surface area contributed by atoms with Crippen molar-refractivity contribution in [2.24, 2.45) is 0 Å². The normalized spacial score (nSPS) is 20.8. The van der Waals surface area contributed by atoms with Crippen molar-refractivity contribution >= 4 is 0 Å². The molecule has 1 fully saturated rings. The van der Waals surface area contributed by atoms with Gasteiger partial charge in [0.1, 0.15) is 58.5 Å². The first-order valence-corrected chi connectivity index (χ1v) is 10.6. The summed E-state index contributed by atoms with van der Waals surface area (Å²) in [6.07, 6.45) is -0.397. The lowest BCUT2D eigenvalue weighted by molar-refractivity contribution is -1.02. The number of hydrogen-bond donors (Lipinski definition) is 4. The molecule has 0 aliphatic carbocycles. The second kappa shape index (κ2) is 11.9. The first-order chi connectivity index (χ1) is 13.8. The van der Waals surface area contributed by atoms with Gasteiger partial charge in [-0.25, -0.2) is 0 Å². The van der Waals surface area contributed by atoms with Gasteiger partial charge in [0, 0.05) is 5.56 Å². The zero-order chi connectivity index (χ0) is 19.4. The second-order valence-corrected chi connectivity index (χ2v) is 7.88. The van der Waals surface area contributed by atoms with E-state index in [-0.39, 0.29) is 0 Å². The van der Waals surface area contributed by atoms with Gasteiger partial charge in [0.15, 0.2) is 0 Å². The minimum absolute atomic E-state index is 0.397. The van der Waals surface area contributed by atoms with E-state index in [1.807, 2.05) is 30.3 Å². The van der Waals surface area contributed by atoms with Crippen molar-refractivity contribution < 1.29 is 25.0 Å². The second-order valence-electron chi connectivity index (χ2n) is 7.88. The summed E-state index contributed by atoms with van der Waals surface area (Å²) in [6, 6.07) is 20.9. The Bertz CT molecular complexity index is 645. The van der Waals surface area contributed by atoms with E-state index in [0.29, 0.717) is 19.8 Å². The maximum absolute atomic E-state index is 10.1. The molecule has 0 amide bonds. The number of aliphatic hydroxyl groups is 1. The summed E-state index contributed by atoms with van der Waals surface area (Å²) in [5.74, 6) is 0. The van der Waals surface area contributed by atoms with Gasteiger partial charge in [0.25, 0.3) is 0 Å². The van der Waals surface area contributed by atoms with Crippen LogP contribution in [0.1, 0.15) is 11.1 Å². The van der Waals surface area contributed by atoms with Gasteiger partial charge in [-0.1, -0.05) is 60.7 Å². The molecular formula is C23H36N3O2+3. The molecule has 5 N–H and O–H groups in total. The number of ether oxygens (including phenoxy) is 1. The maximum Gasteiger partial charge on any atom is 0.127 e. The van der Waals surface area contributed by atoms with Crippen LogP contribution in [0.3, 0.4) is 0 Å². The molecule has 5 nitrogen and oxygen atoms in total. The van der Waals surface area contributed by atoms with Crippen LogP contribution in [0.4, 0.5) is 0 Å². The van der Waals surface area contributed by atoms with E-state index in [0.717, 1.165) is 18.7 Å². The van der Waals surface area contributed by atoms with Crippen molar-refractivity contribution in [3.05, 3.63) is 71.8 Å². The molecule has 1 aliphatic rings. The number of benzene rings is 2. The van der Waals surface area contributed by atoms with E-state index in [9.17, 15) is 5.11 Å². The van der Waals surface area contributed by atoms with Crippen molar-refractivity contribution in [3.63, 3.8) is 0 Å². The molecule has 3 rings (SSSR count).